The number of fused-ring (bicyclic) bond motifs is 1. The van der Waals surface area contributed by atoms with Gasteiger partial charge in [-0.1, -0.05) is 24.3 Å². The zero-order chi connectivity index (χ0) is 21.5. The van der Waals surface area contributed by atoms with Gasteiger partial charge in [-0.15, -0.1) is 0 Å². The molecule has 2 aromatic carbocycles. The Morgan fingerprint density at radius 3 is 2.70 bits per heavy atom. The maximum atomic E-state index is 12.7. The Morgan fingerprint density at radius 1 is 1.17 bits per heavy atom. The van der Waals surface area contributed by atoms with E-state index < -0.39 is 0 Å². The minimum atomic E-state index is 0.103. The molecule has 0 aliphatic carbocycles. The monoisotopic (exact) mass is 412 g/mol. The van der Waals surface area contributed by atoms with Crippen LogP contribution in [0.2, 0.25) is 0 Å². The lowest BCUT2D eigenvalue weighted by Crippen LogP contribution is -2.36. The summed E-state index contributed by atoms with van der Waals surface area (Å²) in [6.45, 7) is 5.09. The van der Waals surface area contributed by atoms with Gasteiger partial charge in [-0.05, 0) is 37.1 Å². The molecule has 3 rings (SSSR count). The molecule has 6 heteroatoms. The van der Waals surface area contributed by atoms with Crippen LogP contribution in [0.15, 0.2) is 42.5 Å². The van der Waals surface area contributed by atoms with E-state index in [0.717, 1.165) is 37.4 Å². The number of likely N-dealkylation sites (N-methyl/N-ethyl adjacent to an activating group) is 1. The first-order valence-corrected chi connectivity index (χ1v) is 10.4. The summed E-state index contributed by atoms with van der Waals surface area (Å²) >= 11 is 0. The maximum Gasteiger partial charge on any atom is 0.223 e. The molecule has 162 valence electrons. The smallest absolute Gasteiger partial charge is 0.223 e. The van der Waals surface area contributed by atoms with Gasteiger partial charge in [-0.25, -0.2) is 0 Å². The normalized spacial score (nSPS) is 16.2. The standard InChI is InChI=1S/C24H32N2O4/c1-18-16-26(17-20-7-5-6-8-21(20)30-18)14-12-24(27)25(2)13-11-19-9-10-22(28-3)23(15-19)29-4/h5-10,15,18H,11-14,16-17H2,1-4H3/t18-/m1/s1. The van der Waals surface area contributed by atoms with Crippen LogP contribution in [0.5, 0.6) is 17.2 Å². The van der Waals surface area contributed by atoms with Gasteiger partial charge in [0.1, 0.15) is 11.9 Å². The minimum Gasteiger partial charge on any atom is -0.493 e. The summed E-state index contributed by atoms with van der Waals surface area (Å²) in [4.78, 5) is 16.8. The third-order valence-electron chi connectivity index (χ3n) is 5.46. The van der Waals surface area contributed by atoms with Crippen molar-refractivity contribution in [2.45, 2.75) is 32.4 Å². The molecule has 1 amide bonds. The second-order valence-electron chi connectivity index (χ2n) is 7.78. The van der Waals surface area contributed by atoms with Crippen molar-refractivity contribution in [3.63, 3.8) is 0 Å². The van der Waals surface area contributed by atoms with Crippen molar-refractivity contribution in [3.05, 3.63) is 53.6 Å². The van der Waals surface area contributed by atoms with Crippen LogP contribution in [-0.2, 0) is 17.8 Å². The number of amides is 1. The molecular weight excluding hydrogens is 380 g/mol. The molecule has 1 heterocycles. The highest BCUT2D eigenvalue weighted by Crippen LogP contribution is 2.28. The van der Waals surface area contributed by atoms with Crippen molar-refractivity contribution in [2.24, 2.45) is 0 Å². The summed E-state index contributed by atoms with van der Waals surface area (Å²) in [6.07, 6.45) is 1.37. The van der Waals surface area contributed by atoms with Crippen LogP contribution in [0.3, 0.4) is 0 Å². The van der Waals surface area contributed by atoms with Crippen molar-refractivity contribution in [3.8, 4) is 17.2 Å². The van der Waals surface area contributed by atoms with Crippen LogP contribution in [0.25, 0.3) is 0 Å². The predicted molar refractivity (Wildman–Crippen MR) is 117 cm³/mol. The first kappa shape index (κ1) is 22.0. The molecule has 1 aliphatic heterocycles. The van der Waals surface area contributed by atoms with E-state index in [9.17, 15) is 4.79 Å². The van der Waals surface area contributed by atoms with Crippen LogP contribution in [0, 0.1) is 0 Å². The summed E-state index contributed by atoms with van der Waals surface area (Å²) in [7, 11) is 5.12. The Hall–Kier alpha value is -2.73. The topological polar surface area (TPSA) is 51.2 Å². The maximum absolute atomic E-state index is 12.7. The van der Waals surface area contributed by atoms with E-state index in [4.69, 9.17) is 14.2 Å². The highest BCUT2D eigenvalue weighted by Gasteiger charge is 2.21. The van der Waals surface area contributed by atoms with E-state index in [1.54, 1.807) is 14.2 Å². The Morgan fingerprint density at radius 2 is 1.93 bits per heavy atom. The fourth-order valence-corrected chi connectivity index (χ4v) is 3.75. The van der Waals surface area contributed by atoms with Gasteiger partial charge in [0.15, 0.2) is 11.5 Å². The first-order chi connectivity index (χ1) is 14.5. The third-order valence-corrected chi connectivity index (χ3v) is 5.46. The summed E-state index contributed by atoms with van der Waals surface area (Å²) < 4.78 is 16.6. The summed E-state index contributed by atoms with van der Waals surface area (Å²) in [6, 6.07) is 14.0. The lowest BCUT2D eigenvalue weighted by Gasteiger charge is -2.23. The summed E-state index contributed by atoms with van der Waals surface area (Å²) in [5, 5.41) is 0. The second-order valence-corrected chi connectivity index (χ2v) is 7.78. The van der Waals surface area contributed by atoms with Crippen LogP contribution >= 0.6 is 0 Å². The molecule has 0 radical (unpaired) electrons. The van der Waals surface area contributed by atoms with Crippen molar-refractivity contribution in [1.29, 1.82) is 0 Å². The summed E-state index contributed by atoms with van der Waals surface area (Å²) in [5.74, 6) is 2.53. The van der Waals surface area contributed by atoms with Gasteiger partial charge >= 0.3 is 0 Å². The van der Waals surface area contributed by atoms with E-state index in [1.807, 2.05) is 48.3 Å². The molecule has 6 nitrogen and oxygen atoms in total. The third kappa shape index (κ3) is 5.66. The molecule has 30 heavy (non-hydrogen) atoms. The van der Waals surface area contributed by atoms with Gasteiger partial charge in [-0.3, -0.25) is 9.69 Å². The number of hydrogen-bond acceptors (Lipinski definition) is 5. The quantitative estimate of drug-likeness (QED) is 0.665. The Kier molecular flexibility index (Phi) is 7.57. The van der Waals surface area contributed by atoms with Crippen LogP contribution in [-0.4, -0.2) is 62.7 Å². The van der Waals surface area contributed by atoms with E-state index in [1.165, 1.54) is 5.56 Å². The zero-order valence-corrected chi connectivity index (χ0v) is 18.4. The van der Waals surface area contributed by atoms with Gasteiger partial charge in [0.2, 0.25) is 5.91 Å². The largest absolute Gasteiger partial charge is 0.493 e. The highest BCUT2D eigenvalue weighted by molar-refractivity contribution is 5.76. The van der Waals surface area contributed by atoms with Crippen LogP contribution in [0.4, 0.5) is 0 Å². The van der Waals surface area contributed by atoms with Crippen molar-refractivity contribution < 1.29 is 19.0 Å². The molecule has 0 spiro atoms. The fourth-order valence-electron chi connectivity index (χ4n) is 3.75. The SMILES string of the molecule is COc1ccc(CCN(C)C(=O)CCN2Cc3ccccc3O[C@H](C)C2)cc1OC. The van der Waals surface area contributed by atoms with E-state index in [-0.39, 0.29) is 12.0 Å². The first-order valence-electron chi connectivity index (χ1n) is 10.4. The number of benzene rings is 2. The molecule has 0 aromatic heterocycles. The molecule has 2 aromatic rings. The van der Waals surface area contributed by atoms with Crippen molar-refractivity contribution in [2.75, 3.05) is 40.9 Å². The van der Waals surface area contributed by atoms with E-state index in [0.29, 0.717) is 24.5 Å². The molecule has 1 aliphatic rings. The fraction of sp³-hybridized carbons (Fsp3) is 0.458. The highest BCUT2D eigenvalue weighted by atomic mass is 16.5. The van der Waals surface area contributed by atoms with Crippen molar-refractivity contribution in [1.82, 2.24) is 9.80 Å². The molecule has 0 bridgehead atoms. The number of carbonyl (C=O) groups is 1. The van der Waals surface area contributed by atoms with Crippen molar-refractivity contribution >= 4 is 5.91 Å². The zero-order valence-electron chi connectivity index (χ0n) is 18.4. The molecule has 0 fully saturated rings. The molecule has 0 saturated carbocycles. The van der Waals surface area contributed by atoms with Crippen LogP contribution < -0.4 is 14.2 Å². The Bertz CT molecular complexity index is 855. The van der Waals surface area contributed by atoms with E-state index >= 15 is 0 Å². The Balaban J connectivity index is 1.50. The van der Waals surface area contributed by atoms with Gasteiger partial charge < -0.3 is 19.1 Å². The molecule has 1 atom stereocenters. The lowest BCUT2D eigenvalue weighted by molar-refractivity contribution is -0.130. The second kappa shape index (κ2) is 10.3. The van der Waals surface area contributed by atoms with Gasteiger partial charge in [0.25, 0.3) is 0 Å². The number of para-hydroxylation sites is 1. The lowest BCUT2D eigenvalue weighted by atomic mass is 10.1. The number of rotatable bonds is 8. The molecular formula is C24H32N2O4. The average Bonchev–Trinajstić information content (AvgIpc) is 2.92. The Labute approximate surface area is 179 Å². The average molecular weight is 413 g/mol. The molecule has 0 saturated heterocycles. The number of nitrogens with zero attached hydrogens (tertiary/aromatic N) is 2. The number of hydrogen-bond donors (Lipinski definition) is 0. The van der Waals surface area contributed by atoms with Gasteiger partial charge in [-0.2, -0.15) is 0 Å². The van der Waals surface area contributed by atoms with Gasteiger partial charge in [0.05, 0.1) is 14.2 Å². The molecule has 0 N–H and O–H groups in total. The minimum absolute atomic E-state index is 0.103. The predicted octanol–water partition coefficient (Wildman–Crippen LogP) is 3.38. The summed E-state index contributed by atoms with van der Waals surface area (Å²) in [5.41, 5.74) is 2.29. The number of ether oxygens (including phenoxy) is 3. The van der Waals surface area contributed by atoms with E-state index in [2.05, 4.69) is 17.9 Å². The van der Waals surface area contributed by atoms with Crippen LogP contribution in [0.1, 0.15) is 24.5 Å². The number of methoxy groups -OCH3 is 2. The van der Waals surface area contributed by atoms with Gasteiger partial charge in [0, 0.05) is 45.2 Å². The number of carbonyl (C=O) groups excluding carboxylic acids is 1. The molecule has 0 unspecified atom stereocenters.